The smallest absolute Gasteiger partial charge is 0.243 e. The molecule has 8 nitrogen and oxygen atoms in total. The summed E-state index contributed by atoms with van der Waals surface area (Å²) < 4.78 is 38.3. The first kappa shape index (κ1) is 23.5. The third kappa shape index (κ3) is 4.81. The van der Waals surface area contributed by atoms with Gasteiger partial charge >= 0.3 is 0 Å². The average molecular weight is 511 g/mol. The average Bonchev–Trinajstić information content (AvgIpc) is 2.89. The number of nitrogens with zero attached hydrogens (tertiary/aromatic N) is 3. The number of hydrogen-bond acceptors (Lipinski definition) is 7. The van der Waals surface area contributed by atoms with E-state index >= 15 is 0 Å². The summed E-state index contributed by atoms with van der Waals surface area (Å²) in [6, 6.07) is 18.1. The zero-order chi connectivity index (χ0) is 24.4. The largest absolute Gasteiger partial charge is 0.495 e. The van der Waals surface area contributed by atoms with Crippen LogP contribution >= 0.6 is 11.6 Å². The fraction of sp³-hybridized carbons (Fsp3) is 0.200. The number of morpholine rings is 1. The summed E-state index contributed by atoms with van der Waals surface area (Å²) in [5.41, 5.74) is 3.13. The van der Waals surface area contributed by atoms with E-state index in [0.29, 0.717) is 42.9 Å². The van der Waals surface area contributed by atoms with Crippen LogP contribution in [0.4, 0.5) is 11.5 Å². The van der Waals surface area contributed by atoms with Gasteiger partial charge < -0.3 is 14.8 Å². The highest BCUT2D eigenvalue weighted by molar-refractivity contribution is 7.89. The van der Waals surface area contributed by atoms with Gasteiger partial charge in [0.15, 0.2) is 0 Å². The van der Waals surface area contributed by atoms with Crippen molar-refractivity contribution >= 4 is 44.0 Å². The lowest BCUT2D eigenvalue weighted by Crippen LogP contribution is -2.40. The normalized spacial score (nSPS) is 14.7. The van der Waals surface area contributed by atoms with Crippen LogP contribution in [0, 0.1) is 0 Å². The fourth-order valence-corrected chi connectivity index (χ4v) is 5.70. The van der Waals surface area contributed by atoms with Gasteiger partial charge in [-0.25, -0.2) is 18.4 Å². The zero-order valence-electron chi connectivity index (χ0n) is 18.9. The van der Waals surface area contributed by atoms with E-state index in [2.05, 4.69) is 15.3 Å². The van der Waals surface area contributed by atoms with Crippen LogP contribution in [0.25, 0.3) is 22.0 Å². The predicted molar refractivity (Wildman–Crippen MR) is 136 cm³/mol. The summed E-state index contributed by atoms with van der Waals surface area (Å²) in [6.45, 7) is 1.51. The van der Waals surface area contributed by atoms with Crippen molar-refractivity contribution in [3.05, 3.63) is 72.0 Å². The van der Waals surface area contributed by atoms with E-state index in [1.165, 1.54) is 10.6 Å². The van der Waals surface area contributed by atoms with Crippen LogP contribution in [-0.2, 0) is 14.8 Å². The second-order valence-corrected chi connectivity index (χ2v) is 10.3. The molecule has 1 aliphatic rings. The molecule has 1 N–H and O–H groups in total. The van der Waals surface area contributed by atoms with Gasteiger partial charge in [0.05, 0.1) is 35.8 Å². The van der Waals surface area contributed by atoms with Crippen LogP contribution in [0.1, 0.15) is 0 Å². The number of benzene rings is 3. The number of nitrogens with one attached hydrogen (secondary N) is 1. The molecule has 3 aromatic carbocycles. The van der Waals surface area contributed by atoms with Gasteiger partial charge in [-0.1, -0.05) is 29.8 Å². The molecule has 0 radical (unpaired) electrons. The van der Waals surface area contributed by atoms with Crippen LogP contribution in [0.2, 0.25) is 5.02 Å². The summed E-state index contributed by atoms with van der Waals surface area (Å²) in [5.74, 6) is 1.19. The van der Waals surface area contributed by atoms with Crippen molar-refractivity contribution in [2.24, 2.45) is 0 Å². The van der Waals surface area contributed by atoms with Crippen molar-refractivity contribution in [3.8, 4) is 16.9 Å². The van der Waals surface area contributed by atoms with Gasteiger partial charge in [0, 0.05) is 24.2 Å². The third-order valence-electron chi connectivity index (χ3n) is 5.83. The Bertz CT molecular complexity index is 1490. The number of halogens is 1. The van der Waals surface area contributed by atoms with Gasteiger partial charge in [-0.15, -0.1) is 0 Å². The first-order valence-electron chi connectivity index (χ1n) is 11.0. The maximum Gasteiger partial charge on any atom is 0.243 e. The van der Waals surface area contributed by atoms with Gasteiger partial charge in [-0.2, -0.15) is 4.31 Å². The number of aromatic nitrogens is 2. The van der Waals surface area contributed by atoms with Crippen molar-refractivity contribution < 1.29 is 17.9 Å². The SMILES string of the molecule is COc1ccc(Nc2ncnc3ccc(-c4cccc(S(=O)(=O)N5CCOCC5)c4)cc23)cc1Cl. The van der Waals surface area contributed by atoms with Crippen molar-refractivity contribution in [2.75, 3.05) is 38.7 Å². The van der Waals surface area contributed by atoms with Gasteiger partial charge in [-0.05, 0) is 53.6 Å². The van der Waals surface area contributed by atoms with Gasteiger partial charge in [0.25, 0.3) is 0 Å². The van der Waals surface area contributed by atoms with Crippen molar-refractivity contribution in [3.63, 3.8) is 0 Å². The molecule has 1 saturated heterocycles. The monoisotopic (exact) mass is 510 g/mol. The Hall–Kier alpha value is -3.24. The highest BCUT2D eigenvalue weighted by Crippen LogP contribution is 2.32. The van der Waals surface area contributed by atoms with Gasteiger partial charge in [-0.3, -0.25) is 0 Å². The lowest BCUT2D eigenvalue weighted by molar-refractivity contribution is 0.0730. The van der Waals surface area contributed by atoms with Crippen LogP contribution in [0.15, 0.2) is 71.9 Å². The number of ether oxygens (including phenoxy) is 2. The van der Waals surface area contributed by atoms with Crippen molar-refractivity contribution in [1.82, 2.24) is 14.3 Å². The Labute approximate surface area is 208 Å². The van der Waals surface area contributed by atoms with Crippen molar-refractivity contribution in [2.45, 2.75) is 4.90 Å². The first-order chi connectivity index (χ1) is 17.0. The molecular weight excluding hydrogens is 488 g/mol. The number of sulfonamides is 1. The first-order valence-corrected chi connectivity index (χ1v) is 12.8. The Morgan fingerprint density at radius 1 is 1.00 bits per heavy atom. The number of anilines is 2. The molecule has 2 heterocycles. The third-order valence-corrected chi connectivity index (χ3v) is 8.02. The summed E-state index contributed by atoms with van der Waals surface area (Å²) >= 11 is 6.27. The molecule has 0 saturated carbocycles. The molecular formula is C25H23ClN4O4S. The lowest BCUT2D eigenvalue weighted by atomic mass is 10.0. The highest BCUT2D eigenvalue weighted by atomic mass is 35.5. The molecule has 0 amide bonds. The van der Waals surface area contributed by atoms with Gasteiger partial charge in [0.2, 0.25) is 10.0 Å². The second-order valence-electron chi connectivity index (χ2n) is 7.97. The standard InChI is InChI=1S/C25H23ClN4O4S/c1-33-24-8-6-19(15-22(24)26)29-25-21-14-18(5-7-23(21)27-16-28-25)17-3-2-4-20(13-17)35(31,32)30-9-11-34-12-10-30/h2-8,13-16H,9-12H2,1H3,(H,27,28,29). The summed E-state index contributed by atoms with van der Waals surface area (Å²) in [7, 11) is -2.04. The maximum absolute atomic E-state index is 13.1. The van der Waals surface area contributed by atoms with E-state index in [9.17, 15) is 8.42 Å². The van der Waals surface area contributed by atoms with Crippen LogP contribution < -0.4 is 10.1 Å². The van der Waals surface area contributed by atoms with E-state index in [1.807, 2.05) is 30.3 Å². The Morgan fingerprint density at radius 2 is 1.80 bits per heavy atom. The molecule has 10 heteroatoms. The number of rotatable bonds is 6. The van der Waals surface area contributed by atoms with Crippen molar-refractivity contribution in [1.29, 1.82) is 0 Å². The number of hydrogen-bond donors (Lipinski definition) is 1. The molecule has 1 fully saturated rings. The summed E-state index contributed by atoms with van der Waals surface area (Å²) in [5, 5.41) is 4.56. The minimum atomic E-state index is -3.60. The van der Waals surface area contributed by atoms with E-state index in [4.69, 9.17) is 21.1 Å². The molecule has 5 rings (SSSR count). The fourth-order valence-electron chi connectivity index (χ4n) is 3.99. The van der Waals surface area contributed by atoms with E-state index in [-0.39, 0.29) is 4.90 Å². The van der Waals surface area contributed by atoms with E-state index < -0.39 is 10.0 Å². The summed E-state index contributed by atoms with van der Waals surface area (Å²) in [6.07, 6.45) is 1.49. The molecule has 0 spiro atoms. The molecule has 1 aromatic heterocycles. The number of fused-ring (bicyclic) bond motifs is 1. The van der Waals surface area contributed by atoms with Crippen LogP contribution in [-0.4, -0.2) is 56.1 Å². The highest BCUT2D eigenvalue weighted by Gasteiger charge is 2.26. The molecule has 0 bridgehead atoms. The molecule has 1 aliphatic heterocycles. The molecule has 0 atom stereocenters. The minimum Gasteiger partial charge on any atom is -0.495 e. The topological polar surface area (TPSA) is 93.7 Å². The Morgan fingerprint density at radius 3 is 2.57 bits per heavy atom. The zero-order valence-corrected chi connectivity index (χ0v) is 20.5. The Balaban J connectivity index is 1.50. The van der Waals surface area contributed by atoms with E-state index in [0.717, 1.165) is 27.7 Å². The molecule has 0 aliphatic carbocycles. The lowest BCUT2D eigenvalue weighted by Gasteiger charge is -2.26. The quantitative estimate of drug-likeness (QED) is 0.401. The maximum atomic E-state index is 13.1. The second kappa shape index (κ2) is 9.79. The predicted octanol–water partition coefficient (Wildman–Crippen LogP) is 4.72. The molecule has 35 heavy (non-hydrogen) atoms. The minimum absolute atomic E-state index is 0.257. The van der Waals surface area contributed by atoms with Crippen LogP contribution in [0.5, 0.6) is 5.75 Å². The summed E-state index contributed by atoms with van der Waals surface area (Å²) in [4.78, 5) is 9.04. The number of methoxy groups -OCH3 is 1. The molecule has 4 aromatic rings. The van der Waals surface area contributed by atoms with Gasteiger partial charge in [0.1, 0.15) is 17.9 Å². The molecule has 180 valence electrons. The Kier molecular flexibility index (Phi) is 6.57. The molecule has 0 unspecified atom stereocenters. The van der Waals surface area contributed by atoms with E-state index in [1.54, 1.807) is 37.4 Å². The van der Waals surface area contributed by atoms with Crippen LogP contribution in [0.3, 0.4) is 0 Å².